The molecule has 43 heavy (non-hydrogen) atoms. The molecule has 232 valence electrons. The van der Waals surface area contributed by atoms with Crippen LogP contribution < -0.4 is 10.6 Å². The Labute approximate surface area is 252 Å². The van der Waals surface area contributed by atoms with Crippen molar-refractivity contribution in [2.24, 2.45) is 11.8 Å². The van der Waals surface area contributed by atoms with Gasteiger partial charge in [0.1, 0.15) is 17.5 Å². The molecule has 0 radical (unpaired) electrons. The first kappa shape index (κ1) is 32.0. The van der Waals surface area contributed by atoms with Gasteiger partial charge in [-0.15, -0.1) is 0 Å². The van der Waals surface area contributed by atoms with E-state index in [1.807, 2.05) is 58.0 Å². The van der Waals surface area contributed by atoms with Gasteiger partial charge in [0.05, 0.1) is 12.7 Å². The molecule has 3 amide bonds. The molecule has 2 N–H and O–H groups in total. The van der Waals surface area contributed by atoms with Gasteiger partial charge in [-0.25, -0.2) is 14.0 Å². The van der Waals surface area contributed by atoms with Crippen LogP contribution >= 0.6 is 0 Å². The molecular formula is C33H42FN3O6. The summed E-state index contributed by atoms with van der Waals surface area (Å²) >= 11 is 0. The van der Waals surface area contributed by atoms with Crippen molar-refractivity contribution >= 4 is 29.6 Å². The minimum Gasteiger partial charge on any atom is -0.465 e. The molecule has 2 aromatic rings. The normalized spacial score (nSPS) is 22.8. The second-order valence-electron chi connectivity index (χ2n) is 12.5. The maximum atomic E-state index is 14.6. The van der Waals surface area contributed by atoms with Crippen LogP contribution in [0.25, 0.3) is 0 Å². The summed E-state index contributed by atoms with van der Waals surface area (Å²) in [6.07, 6.45) is 3.03. The second kappa shape index (κ2) is 13.6. The minimum absolute atomic E-state index is 0.0583. The van der Waals surface area contributed by atoms with Crippen LogP contribution in [-0.4, -0.2) is 60.1 Å². The Morgan fingerprint density at radius 2 is 1.65 bits per heavy atom. The molecule has 9 nitrogen and oxygen atoms in total. The highest BCUT2D eigenvalue weighted by Gasteiger charge is 2.45. The van der Waals surface area contributed by atoms with Crippen LogP contribution in [0.2, 0.25) is 0 Å². The fraction of sp³-hybridized carbons (Fsp3) is 0.515. The van der Waals surface area contributed by atoms with E-state index < -0.39 is 35.4 Å². The van der Waals surface area contributed by atoms with Crippen molar-refractivity contribution in [1.29, 1.82) is 0 Å². The average molecular weight is 596 g/mol. The van der Waals surface area contributed by atoms with Crippen LogP contribution in [0.5, 0.6) is 0 Å². The Morgan fingerprint density at radius 3 is 2.26 bits per heavy atom. The fourth-order valence-corrected chi connectivity index (χ4v) is 6.21. The molecule has 0 spiro atoms. The highest BCUT2D eigenvalue weighted by Crippen LogP contribution is 2.38. The Hall–Kier alpha value is -3.95. The van der Waals surface area contributed by atoms with Crippen LogP contribution in [0.3, 0.4) is 0 Å². The molecule has 3 atom stereocenters. The van der Waals surface area contributed by atoms with Crippen molar-refractivity contribution in [2.45, 2.75) is 83.4 Å². The van der Waals surface area contributed by atoms with Gasteiger partial charge in [0.15, 0.2) is 0 Å². The van der Waals surface area contributed by atoms with E-state index in [1.165, 1.54) is 19.2 Å². The number of alkyl carbamates (subject to hydrolysis) is 1. The number of carbonyl (C=O) groups is 4. The van der Waals surface area contributed by atoms with Gasteiger partial charge in [0.2, 0.25) is 11.8 Å². The van der Waals surface area contributed by atoms with Crippen molar-refractivity contribution in [1.82, 2.24) is 10.2 Å². The first-order chi connectivity index (χ1) is 20.4. The summed E-state index contributed by atoms with van der Waals surface area (Å²) in [5.74, 6) is -2.32. The molecule has 2 aromatic carbocycles. The number of nitrogens with one attached hydrogen (secondary N) is 2. The molecule has 0 aromatic heterocycles. The predicted molar refractivity (Wildman–Crippen MR) is 160 cm³/mol. The molecule has 1 aliphatic carbocycles. The molecule has 1 saturated heterocycles. The predicted octanol–water partition coefficient (Wildman–Crippen LogP) is 5.66. The van der Waals surface area contributed by atoms with Gasteiger partial charge < -0.3 is 25.0 Å². The summed E-state index contributed by atoms with van der Waals surface area (Å²) in [5, 5.41) is 5.71. The van der Waals surface area contributed by atoms with E-state index in [9.17, 15) is 23.6 Å². The van der Waals surface area contributed by atoms with Gasteiger partial charge in [0, 0.05) is 30.1 Å². The molecule has 2 aliphatic rings. The molecule has 1 saturated carbocycles. The van der Waals surface area contributed by atoms with Gasteiger partial charge in [0.25, 0.3) is 0 Å². The molecule has 2 fully saturated rings. The summed E-state index contributed by atoms with van der Waals surface area (Å²) in [6, 6.07) is 12.5. The SMILES string of the molecule is COC(=O)c1ccc(NC(=O)[C@@H]2[C@H](c3ccccc3)CCN2C(=O)[C@H]2CC[C@H](C(C)NC(=O)OC(C)(C)C)CC2)cc1F. The number of ether oxygens (including phenoxy) is 2. The zero-order valence-corrected chi connectivity index (χ0v) is 25.5. The van der Waals surface area contributed by atoms with Crippen molar-refractivity contribution in [3.63, 3.8) is 0 Å². The van der Waals surface area contributed by atoms with Crippen molar-refractivity contribution < 1.29 is 33.0 Å². The van der Waals surface area contributed by atoms with E-state index in [1.54, 1.807) is 4.90 Å². The molecule has 1 unspecified atom stereocenters. The van der Waals surface area contributed by atoms with Gasteiger partial charge >= 0.3 is 12.1 Å². The lowest BCUT2D eigenvalue weighted by molar-refractivity contribution is -0.141. The molecule has 10 heteroatoms. The summed E-state index contributed by atoms with van der Waals surface area (Å²) in [7, 11) is 1.17. The number of amides is 3. The van der Waals surface area contributed by atoms with Crippen LogP contribution in [0.4, 0.5) is 14.9 Å². The number of nitrogens with zero attached hydrogens (tertiary/aromatic N) is 1. The molecular weight excluding hydrogens is 553 g/mol. The largest absolute Gasteiger partial charge is 0.465 e. The third-order valence-corrected chi connectivity index (χ3v) is 8.39. The van der Waals surface area contributed by atoms with E-state index in [0.717, 1.165) is 24.5 Å². The van der Waals surface area contributed by atoms with Crippen LogP contribution in [0.15, 0.2) is 48.5 Å². The van der Waals surface area contributed by atoms with Crippen LogP contribution in [0, 0.1) is 17.7 Å². The number of benzene rings is 2. The molecule has 4 rings (SSSR count). The molecule has 0 bridgehead atoms. The Bertz CT molecular complexity index is 1320. The summed E-state index contributed by atoms with van der Waals surface area (Å²) < 4.78 is 24.6. The number of hydrogen-bond acceptors (Lipinski definition) is 6. The number of rotatable bonds is 7. The molecule has 1 heterocycles. The van der Waals surface area contributed by atoms with Gasteiger partial charge in [-0.1, -0.05) is 30.3 Å². The Morgan fingerprint density at radius 1 is 0.977 bits per heavy atom. The Balaban J connectivity index is 1.45. The third-order valence-electron chi connectivity index (χ3n) is 8.39. The zero-order valence-electron chi connectivity index (χ0n) is 25.5. The molecule has 1 aliphatic heterocycles. The fourth-order valence-electron chi connectivity index (χ4n) is 6.21. The third kappa shape index (κ3) is 7.91. The second-order valence-corrected chi connectivity index (χ2v) is 12.5. The lowest BCUT2D eigenvalue weighted by Gasteiger charge is -2.35. The number of halogens is 1. The zero-order chi connectivity index (χ0) is 31.3. The first-order valence-corrected chi connectivity index (χ1v) is 14.9. The Kier molecular flexibility index (Phi) is 10.1. The number of esters is 1. The average Bonchev–Trinajstić information content (AvgIpc) is 3.41. The lowest BCUT2D eigenvalue weighted by atomic mass is 9.78. The van der Waals surface area contributed by atoms with Gasteiger partial charge in [-0.2, -0.15) is 0 Å². The number of carbonyl (C=O) groups excluding carboxylic acids is 4. The van der Waals surface area contributed by atoms with Crippen molar-refractivity contribution in [3.8, 4) is 0 Å². The lowest BCUT2D eigenvalue weighted by Crippen LogP contribution is -2.48. The van der Waals surface area contributed by atoms with Crippen LogP contribution in [0.1, 0.15) is 81.6 Å². The van der Waals surface area contributed by atoms with Crippen molar-refractivity contribution in [3.05, 3.63) is 65.5 Å². The quantitative estimate of drug-likeness (QED) is 0.400. The number of methoxy groups -OCH3 is 1. The van der Waals surface area contributed by atoms with Gasteiger partial charge in [-0.05, 0) is 89.5 Å². The first-order valence-electron chi connectivity index (χ1n) is 14.9. The van der Waals surface area contributed by atoms with E-state index >= 15 is 0 Å². The summed E-state index contributed by atoms with van der Waals surface area (Å²) in [4.78, 5) is 53.4. The van der Waals surface area contributed by atoms with Crippen LogP contribution in [-0.2, 0) is 19.1 Å². The van der Waals surface area contributed by atoms with Crippen molar-refractivity contribution in [2.75, 3.05) is 19.0 Å². The van der Waals surface area contributed by atoms with E-state index in [-0.39, 0.29) is 41.0 Å². The highest BCUT2D eigenvalue weighted by molar-refractivity contribution is 5.99. The van der Waals surface area contributed by atoms with E-state index in [4.69, 9.17) is 4.74 Å². The maximum Gasteiger partial charge on any atom is 0.407 e. The number of hydrogen-bond donors (Lipinski definition) is 2. The number of likely N-dealkylation sites (tertiary alicyclic amines) is 1. The highest BCUT2D eigenvalue weighted by atomic mass is 19.1. The monoisotopic (exact) mass is 595 g/mol. The summed E-state index contributed by atoms with van der Waals surface area (Å²) in [6.45, 7) is 7.86. The topological polar surface area (TPSA) is 114 Å². The standard InChI is InChI=1S/C33H42FN3O6/c1-20(35-32(41)43-33(2,3)4)21-11-13-23(14-12-21)30(39)37-18-17-25(22-9-7-6-8-10-22)28(37)29(38)36-24-15-16-26(27(34)19-24)31(40)42-5/h6-10,15-16,19-21,23,25,28H,11-14,17-18H2,1-5H3,(H,35,41)(H,36,38)/t20?,21-,23-,25-,28-/m0/s1. The smallest absolute Gasteiger partial charge is 0.407 e. The van der Waals surface area contributed by atoms with E-state index in [0.29, 0.717) is 25.8 Å². The van der Waals surface area contributed by atoms with Gasteiger partial charge in [-0.3, -0.25) is 9.59 Å². The number of anilines is 1. The minimum atomic E-state index is -0.809. The maximum absolute atomic E-state index is 14.6. The van der Waals surface area contributed by atoms with E-state index in [2.05, 4.69) is 15.4 Å². The summed E-state index contributed by atoms with van der Waals surface area (Å²) in [5.41, 5.74) is 0.334.